The van der Waals surface area contributed by atoms with Gasteiger partial charge in [0.15, 0.2) is 17.2 Å². The van der Waals surface area contributed by atoms with E-state index in [1.54, 1.807) is 24.3 Å². The Hall–Kier alpha value is -3.42. The van der Waals surface area contributed by atoms with Crippen LogP contribution in [0.4, 0.5) is 15.8 Å². The predicted molar refractivity (Wildman–Crippen MR) is 90.5 cm³/mol. The summed E-state index contributed by atoms with van der Waals surface area (Å²) >= 11 is 0. The molecule has 128 valence electrons. The van der Waals surface area contributed by atoms with Crippen molar-refractivity contribution >= 4 is 11.4 Å². The largest absolute Gasteiger partial charge is 0.493 e. The second-order valence-electron chi connectivity index (χ2n) is 5.05. The number of halogens is 1. The van der Waals surface area contributed by atoms with Gasteiger partial charge in [-0.3, -0.25) is 15.0 Å². The Bertz CT molecular complexity index is 978. The molecule has 0 radical (unpaired) electrons. The molecule has 8 heteroatoms. The predicted octanol–water partition coefficient (Wildman–Crippen LogP) is 3.94. The van der Waals surface area contributed by atoms with Gasteiger partial charge in [0.05, 0.1) is 25.6 Å². The Labute approximate surface area is 142 Å². The molecule has 7 nitrogen and oxygen atoms in total. The summed E-state index contributed by atoms with van der Waals surface area (Å²) in [7, 11) is 3.06. The van der Waals surface area contributed by atoms with Gasteiger partial charge in [0, 0.05) is 11.6 Å². The fourth-order valence-electron chi connectivity index (χ4n) is 2.29. The first-order chi connectivity index (χ1) is 12.1. The van der Waals surface area contributed by atoms with E-state index < -0.39 is 11.4 Å². The third-order valence-electron chi connectivity index (χ3n) is 3.50. The van der Waals surface area contributed by atoms with Crippen LogP contribution in [0.1, 0.15) is 0 Å². The zero-order valence-electron chi connectivity index (χ0n) is 13.5. The van der Waals surface area contributed by atoms with Crippen molar-refractivity contribution in [1.29, 1.82) is 0 Å². The molecule has 0 unspecified atom stereocenters. The number of rotatable bonds is 5. The normalized spacial score (nSPS) is 11.0. The molecule has 0 bridgehead atoms. The van der Waals surface area contributed by atoms with Gasteiger partial charge >= 0.3 is 0 Å². The lowest BCUT2D eigenvalue weighted by Gasteiger charge is -2.08. The summed E-state index contributed by atoms with van der Waals surface area (Å²) in [4.78, 5) is 12.0. The lowest BCUT2D eigenvalue weighted by atomic mass is 10.1. The van der Waals surface area contributed by atoms with Gasteiger partial charge in [-0.2, -0.15) is 5.11 Å². The number of ether oxygens (including phenoxy) is 2. The molecule has 3 aromatic rings. The van der Waals surface area contributed by atoms with Crippen molar-refractivity contribution in [3.05, 3.63) is 58.6 Å². The molecule has 1 aromatic heterocycles. The maximum atomic E-state index is 13.2. The summed E-state index contributed by atoms with van der Waals surface area (Å²) in [6.45, 7) is 0. The summed E-state index contributed by atoms with van der Waals surface area (Å²) in [5.74, 6) is 0.640. The molecule has 25 heavy (non-hydrogen) atoms. The van der Waals surface area contributed by atoms with Crippen LogP contribution in [0.5, 0.6) is 11.5 Å². The maximum Gasteiger partial charge on any atom is 0.292 e. The minimum Gasteiger partial charge on any atom is -0.493 e. The second-order valence-corrected chi connectivity index (χ2v) is 5.05. The highest BCUT2D eigenvalue weighted by atomic mass is 19.1. The molecular weight excluding hydrogens is 327 g/mol. The summed E-state index contributed by atoms with van der Waals surface area (Å²) in [6.07, 6.45) is 0. The zero-order valence-corrected chi connectivity index (χ0v) is 13.5. The quantitative estimate of drug-likeness (QED) is 0.688. The molecular formula is C17H15FN4O3. The highest BCUT2D eigenvalue weighted by molar-refractivity contribution is 5.73. The van der Waals surface area contributed by atoms with Gasteiger partial charge in [-0.1, -0.05) is 6.07 Å². The Morgan fingerprint density at radius 3 is 2.48 bits per heavy atom. The monoisotopic (exact) mass is 342 g/mol. The van der Waals surface area contributed by atoms with Crippen molar-refractivity contribution in [2.45, 2.75) is 0 Å². The van der Waals surface area contributed by atoms with Gasteiger partial charge in [0.2, 0.25) is 0 Å². The van der Waals surface area contributed by atoms with Crippen molar-refractivity contribution in [2.24, 2.45) is 10.2 Å². The van der Waals surface area contributed by atoms with Crippen molar-refractivity contribution in [3.63, 3.8) is 0 Å². The molecule has 0 aliphatic carbocycles. The van der Waals surface area contributed by atoms with Crippen LogP contribution in [0, 0.1) is 5.82 Å². The molecule has 0 amide bonds. The number of aromatic amines is 2. The Kier molecular flexibility index (Phi) is 4.60. The van der Waals surface area contributed by atoms with Crippen LogP contribution in [0.25, 0.3) is 11.3 Å². The Morgan fingerprint density at radius 1 is 0.960 bits per heavy atom. The van der Waals surface area contributed by atoms with Crippen molar-refractivity contribution in [1.82, 2.24) is 10.2 Å². The van der Waals surface area contributed by atoms with E-state index >= 15 is 0 Å². The standard InChI is InChI=1S/C17H15FN4O3/c1-24-13-7-6-10(8-14(13)25-2)15-16(17(23)22-20-15)21-19-12-5-3-4-11(18)9-12/h3-9H,1-2H3,(H2,20,22,23). The van der Waals surface area contributed by atoms with Gasteiger partial charge in [-0.15, -0.1) is 5.11 Å². The number of nitrogens with zero attached hydrogens (tertiary/aromatic N) is 2. The fourth-order valence-corrected chi connectivity index (χ4v) is 2.29. The van der Waals surface area contributed by atoms with Gasteiger partial charge in [0.25, 0.3) is 5.56 Å². The number of aromatic nitrogens is 2. The number of methoxy groups -OCH3 is 2. The van der Waals surface area contributed by atoms with Gasteiger partial charge in [-0.05, 0) is 30.3 Å². The highest BCUT2D eigenvalue weighted by Gasteiger charge is 2.14. The third-order valence-corrected chi connectivity index (χ3v) is 3.50. The van der Waals surface area contributed by atoms with Gasteiger partial charge in [0.1, 0.15) is 5.82 Å². The lowest BCUT2D eigenvalue weighted by Crippen LogP contribution is -1.96. The van der Waals surface area contributed by atoms with Gasteiger partial charge in [-0.25, -0.2) is 4.39 Å². The number of hydrogen-bond donors (Lipinski definition) is 2. The molecule has 3 rings (SSSR count). The van der Waals surface area contributed by atoms with Crippen LogP contribution in [0.2, 0.25) is 0 Å². The third kappa shape index (κ3) is 3.42. The SMILES string of the molecule is COc1ccc(-c2[nH][nH]c(=O)c2N=Nc2cccc(F)c2)cc1OC. The average molecular weight is 342 g/mol. The van der Waals surface area contributed by atoms with Crippen molar-refractivity contribution in [2.75, 3.05) is 14.2 Å². The molecule has 0 fully saturated rings. The fraction of sp³-hybridized carbons (Fsp3) is 0.118. The van der Waals surface area contributed by atoms with Gasteiger partial charge < -0.3 is 9.47 Å². The van der Waals surface area contributed by atoms with E-state index in [9.17, 15) is 9.18 Å². The second kappa shape index (κ2) is 7.00. The first kappa shape index (κ1) is 16.4. The number of hydrogen-bond acceptors (Lipinski definition) is 5. The van der Waals surface area contributed by atoms with E-state index in [4.69, 9.17) is 9.47 Å². The molecule has 0 atom stereocenters. The molecule has 0 saturated carbocycles. The van der Waals surface area contributed by atoms with E-state index in [2.05, 4.69) is 20.4 Å². The van der Waals surface area contributed by atoms with E-state index in [-0.39, 0.29) is 5.69 Å². The first-order valence-electron chi connectivity index (χ1n) is 7.32. The minimum absolute atomic E-state index is 0.0801. The van der Waals surface area contributed by atoms with E-state index in [1.807, 2.05) is 0 Å². The van der Waals surface area contributed by atoms with Crippen LogP contribution in [0.15, 0.2) is 57.5 Å². The Morgan fingerprint density at radius 2 is 1.76 bits per heavy atom. The minimum atomic E-state index is -0.440. The summed E-state index contributed by atoms with van der Waals surface area (Å²) in [6, 6.07) is 10.8. The summed E-state index contributed by atoms with van der Waals surface area (Å²) < 4.78 is 23.7. The zero-order chi connectivity index (χ0) is 17.8. The molecule has 1 heterocycles. The smallest absolute Gasteiger partial charge is 0.292 e. The van der Waals surface area contributed by atoms with E-state index in [0.717, 1.165) is 0 Å². The molecule has 0 saturated heterocycles. The molecule has 2 N–H and O–H groups in total. The van der Waals surface area contributed by atoms with Crippen LogP contribution < -0.4 is 15.0 Å². The van der Waals surface area contributed by atoms with E-state index in [1.165, 1.54) is 32.4 Å². The number of H-pyrrole nitrogens is 2. The Balaban J connectivity index is 2.01. The van der Waals surface area contributed by atoms with Crippen LogP contribution in [-0.4, -0.2) is 24.4 Å². The average Bonchev–Trinajstić information content (AvgIpc) is 3.00. The number of azo groups is 1. The summed E-state index contributed by atoms with van der Waals surface area (Å²) in [5.41, 5.74) is 1.04. The topological polar surface area (TPSA) is 91.8 Å². The van der Waals surface area contributed by atoms with Crippen molar-refractivity contribution < 1.29 is 13.9 Å². The molecule has 0 aliphatic rings. The number of benzene rings is 2. The lowest BCUT2D eigenvalue weighted by molar-refractivity contribution is 0.355. The van der Waals surface area contributed by atoms with Crippen LogP contribution in [0.3, 0.4) is 0 Å². The molecule has 0 aliphatic heterocycles. The highest BCUT2D eigenvalue weighted by Crippen LogP contribution is 2.34. The van der Waals surface area contributed by atoms with E-state index in [0.29, 0.717) is 28.4 Å². The first-order valence-corrected chi connectivity index (χ1v) is 7.32. The molecule has 0 spiro atoms. The van der Waals surface area contributed by atoms with Crippen LogP contribution in [-0.2, 0) is 0 Å². The molecule has 2 aromatic carbocycles. The van der Waals surface area contributed by atoms with Crippen LogP contribution >= 0.6 is 0 Å². The van der Waals surface area contributed by atoms with Crippen molar-refractivity contribution in [3.8, 4) is 22.8 Å². The number of nitrogens with one attached hydrogen (secondary N) is 2. The maximum absolute atomic E-state index is 13.2. The summed E-state index contributed by atoms with van der Waals surface area (Å²) in [5, 5.41) is 13.1.